The van der Waals surface area contributed by atoms with Crippen LogP contribution in [0.5, 0.6) is 0 Å². The van der Waals surface area contributed by atoms with Gasteiger partial charge in [-0.15, -0.1) is 0 Å². The van der Waals surface area contributed by atoms with Gasteiger partial charge in [-0.1, -0.05) is 34.1 Å². The molecule has 9 N–H and O–H groups in total. The topological polar surface area (TPSA) is 231 Å². The Kier molecular flexibility index (Phi) is 14.2. The minimum atomic E-state index is -1.52. The fourth-order valence-electron chi connectivity index (χ4n) is 3.19. The SMILES string of the molecule is CCC(C)C(NC(=O)C(N)CC(C)C)C(=O)NC(CCC(N)=O)C(=O)NC(CCC(=O)O)C(=O)O. The van der Waals surface area contributed by atoms with E-state index in [1.54, 1.807) is 6.92 Å². The lowest BCUT2D eigenvalue weighted by Crippen LogP contribution is -2.58. The quantitative estimate of drug-likeness (QED) is 0.130. The summed E-state index contributed by atoms with van der Waals surface area (Å²) in [7, 11) is 0. The van der Waals surface area contributed by atoms with Crippen LogP contribution >= 0.6 is 0 Å². The van der Waals surface area contributed by atoms with Crippen molar-refractivity contribution < 1.29 is 39.0 Å². The van der Waals surface area contributed by atoms with Gasteiger partial charge >= 0.3 is 11.9 Å². The summed E-state index contributed by atoms with van der Waals surface area (Å²) >= 11 is 0. The van der Waals surface area contributed by atoms with Crippen LogP contribution in [0.15, 0.2) is 0 Å². The number of primary amides is 1. The van der Waals surface area contributed by atoms with Crippen molar-refractivity contribution in [2.75, 3.05) is 0 Å². The molecule has 13 heteroatoms. The third-order valence-corrected chi connectivity index (χ3v) is 5.43. The molecule has 0 fully saturated rings. The largest absolute Gasteiger partial charge is 0.481 e. The molecule has 0 rings (SSSR count). The van der Waals surface area contributed by atoms with Crippen LogP contribution in [0.25, 0.3) is 0 Å². The van der Waals surface area contributed by atoms with E-state index in [0.717, 1.165) is 0 Å². The number of amides is 4. The molecule has 13 nitrogen and oxygen atoms in total. The average molecular weight is 502 g/mol. The van der Waals surface area contributed by atoms with Crippen molar-refractivity contribution in [3.63, 3.8) is 0 Å². The molecule has 35 heavy (non-hydrogen) atoms. The molecule has 0 aliphatic heterocycles. The molecule has 4 amide bonds. The Morgan fingerprint density at radius 3 is 1.80 bits per heavy atom. The minimum Gasteiger partial charge on any atom is -0.481 e. The number of carbonyl (C=O) groups excluding carboxylic acids is 4. The van der Waals surface area contributed by atoms with E-state index in [2.05, 4.69) is 16.0 Å². The molecule has 0 bridgehead atoms. The van der Waals surface area contributed by atoms with Gasteiger partial charge in [-0.05, 0) is 31.1 Å². The van der Waals surface area contributed by atoms with Crippen LogP contribution in [0, 0.1) is 11.8 Å². The molecule has 0 spiro atoms. The Bertz CT molecular complexity index is 773. The maximum Gasteiger partial charge on any atom is 0.326 e. The van der Waals surface area contributed by atoms with Crippen LogP contribution in [-0.2, 0) is 28.8 Å². The molecule has 5 unspecified atom stereocenters. The Morgan fingerprint density at radius 2 is 1.34 bits per heavy atom. The first-order chi connectivity index (χ1) is 16.2. The minimum absolute atomic E-state index is 0.150. The number of aliphatic carboxylic acids is 2. The molecule has 0 heterocycles. The van der Waals surface area contributed by atoms with E-state index in [0.29, 0.717) is 12.8 Å². The highest BCUT2D eigenvalue weighted by atomic mass is 16.4. The van der Waals surface area contributed by atoms with Crippen LogP contribution in [0.3, 0.4) is 0 Å². The molecule has 0 aromatic carbocycles. The summed E-state index contributed by atoms with van der Waals surface area (Å²) in [5.41, 5.74) is 11.1. The highest BCUT2D eigenvalue weighted by molar-refractivity contribution is 5.94. The second kappa shape index (κ2) is 15.6. The second-order valence-electron chi connectivity index (χ2n) is 9.01. The van der Waals surface area contributed by atoms with Crippen LogP contribution in [0.2, 0.25) is 0 Å². The van der Waals surface area contributed by atoms with E-state index in [9.17, 15) is 33.9 Å². The summed E-state index contributed by atoms with van der Waals surface area (Å²) in [6.45, 7) is 7.33. The van der Waals surface area contributed by atoms with Gasteiger partial charge in [0.1, 0.15) is 18.1 Å². The molecular weight excluding hydrogens is 462 g/mol. The molecule has 0 aromatic rings. The van der Waals surface area contributed by atoms with E-state index in [4.69, 9.17) is 16.6 Å². The zero-order chi connectivity index (χ0) is 27.3. The highest BCUT2D eigenvalue weighted by Gasteiger charge is 2.32. The first kappa shape index (κ1) is 31.8. The molecule has 0 saturated heterocycles. The van der Waals surface area contributed by atoms with E-state index < -0.39 is 66.2 Å². The number of nitrogens with one attached hydrogen (secondary N) is 3. The third-order valence-electron chi connectivity index (χ3n) is 5.43. The van der Waals surface area contributed by atoms with Gasteiger partial charge in [0.05, 0.1) is 6.04 Å². The van der Waals surface area contributed by atoms with Crippen molar-refractivity contribution in [2.45, 2.75) is 90.4 Å². The van der Waals surface area contributed by atoms with Gasteiger partial charge in [0, 0.05) is 12.8 Å². The highest BCUT2D eigenvalue weighted by Crippen LogP contribution is 2.11. The summed E-state index contributed by atoms with van der Waals surface area (Å²) in [5.74, 6) is -5.81. The maximum absolute atomic E-state index is 13.1. The summed E-state index contributed by atoms with van der Waals surface area (Å²) in [5, 5.41) is 25.3. The van der Waals surface area contributed by atoms with E-state index in [1.165, 1.54) is 0 Å². The fraction of sp³-hybridized carbons (Fsp3) is 0.727. The number of carbonyl (C=O) groups is 6. The molecule has 5 atom stereocenters. The zero-order valence-electron chi connectivity index (χ0n) is 20.7. The first-order valence-corrected chi connectivity index (χ1v) is 11.6. The van der Waals surface area contributed by atoms with Crippen molar-refractivity contribution in [1.82, 2.24) is 16.0 Å². The molecular formula is C22H39N5O8. The second-order valence-corrected chi connectivity index (χ2v) is 9.01. The zero-order valence-corrected chi connectivity index (χ0v) is 20.7. The third kappa shape index (κ3) is 12.7. The predicted molar refractivity (Wildman–Crippen MR) is 126 cm³/mol. The van der Waals surface area contributed by atoms with Crippen LogP contribution in [-0.4, -0.2) is 69.9 Å². The lowest BCUT2D eigenvalue weighted by Gasteiger charge is -2.28. The number of rotatable bonds is 17. The summed E-state index contributed by atoms with van der Waals surface area (Å²) in [6.07, 6.45) is -0.499. The number of hydrogen-bond donors (Lipinski definition) is 7. The molecule has 0 aliphatic rings. The molecule has 0 saturated carbocycles. The van der Waals surface area contributed by atoms with Crippen molar-refractivity contribution in [3.8, 4) is 0 Å². The van der Waals surface area contributed by atoms with E-state index >= 15 is 0 Å². The van der Waals surface area contributed by atoms with Gasteiger partial charge in [0.2, 0.25) is 23.6 Å². The Balaban J connectivity index is 5.63. The Hall–Kier alpha value is -3.22. The van der Waals surface area contributed by atoms with Crippen LogP contribution in [0.4, 0.5) is 0 Å². The fourth-order valence-corrected chi connectivity index (χ4v) is 3.19. The Morgan fingerprint density at radius 1 is 0.800 bits per heavy atom. The van der Waals surface area contributed by atoms with Gasteiger partial charge < -0.3 is 37.6 Å². The monoisotopic (exact) mass is 501 g/mol. The van der Waals surface area contributed by atoms with E-state index in [1.807, 2.05) is 20.8 Å². The molecule has 0 aromatic heterocycles. The smallest absolute Gasteiger partial charge is 0.326 e. The molecule has 0 radical (unpaired) electrons. The summed E-state index contributed by atoms with van der Waals surface area (Å²) < 4.78 is 0. The van der Waals surface area contributed by atoms with Gasteiger partial charge in [0.15, 0.2) is 0 Å². The average Bonchev–Trinajstić information content (AvgIpc) is 2.75. The Labute approximate surface area is 204 Å². The normalized spacial score (nSPS) is 15.3. The van der Waals surface area contributed by atoms with E-state index in [-0.39, 0.29) is 31.1 Å². The number of carboxylic acids is 2. The summed E-state index contributed by atoms with van der Waals surface area (Å²) in [4.78, 5) is 71.8. The predicted octanol–water partition coefficient (Wildman–Crippen LogP) is -0.925. The van der Waals surface area contributed by atoms with Crippen LogP contribution in [0.1, 0.15) is 66.2 Å². The van der Waals surface area contributed by atoms with Gasteiger partial charge in [-0.25, -0.2) is 4.79 Å². The number of nitrogens with two attached hydrogens (primary N) is 2. The van der Waals surface area contributed by atoms with Crippen molar-refractivity contribution in [1.29, 1.82) is 0 Å². The lowest BCUT2D eigenvalue weighted by molar-refractivity contribution is -0.143. The summed E-state index contributed by atoms with van der Waals surface area (Å²) in [6, 6.07) is -4.76. The number of carboxylic acid groups (broad SMARTS) is 2. The lowest BCUT2D eigenvalue weighted by atomic mass is 9.96. The first-order valence-electron chi connectivity index (χ1n) is 11.6. The molecule has 0 aliphatic carbocycles. The van der Waals surface area contributed by atoms with Gasteiger partial charge in [-0.3, -0.25) is 24.0 Å². The standard InChI is InChI=1S/C22H39N5O8/c1-5-12(4)18(27-19(31)13(23)10-11(2)3)21(33)25-14(6-8-16(24)28)20(32)26-15(22(34)35)7-9-17(29)30/h11-15,18H,5-10,23H2,1-4H3,(H2,24,28)(H,25,33)(H,26,32)(H,27,31)(H,29,30)(H,34,35). The van der Waals surface area contributed by atoms with Gasteiger partial charge in [-0.2, -0.15) is 0 Å². The van der Waals surface area contributed by atoms with Crippen LogP contribution < -0.4 is 27.4 Å². The maximum atomic E-state index is 13.1. The van der Waals surface area contributed by atoms with Crippen molar-refractivity contribution in [2.24, 2.45) is 23.3 Å². The van der Waals surface area contributed by atoms with Gasteiger partial charge in [0.25, 0.3) is 0 Å². The number of hydrogen-bond acceptors (Lipinski definition) is 7. The van der Waals surface area contributed by atoms with Crippen molar-refractivity contribution in [3.05, 3.63) is 0 Å². The van der Waals surface area contributed by atoms with Crippen molar-refractivity contribution >= 4 is 35.6 Å². The molecule has 200 valence electrons.